The molecule has 0 saturated carbocycles. The highest BCUT2D eigenvalue weighted by Crippen LogP contribution is 2.27. The number of nitrogens with zero attached hydrogens (tertiary/aromatic N) is 1. The van der Waals surface area contributed by atoms with Crippen LogP contribution in [0, 0.1) is 10.1 Å². The second-order valence-corrected chi connectivity index (χ2v) is 3.33. The number of likely N-dealkylation sites (N-methyl/N-ethyl adjacent to an activating group) is 1. The number of methoxy groups -OCH3 is 1. The Kier molecular flexibility index (Phi) is 5.22. The summed E-state index contributed by atoms with van der Waals surface area (Å²) in [6, 6.07) is 4.37. The number of nitro groups is 1. The first-order valence-electron chi connectivity index (χ1n) is 5.34. The second-order valence-electron chi connectivity index (χ2n) is 3.33. The van der Waals surface area contributed by atoms with Gasteiger partial charge in [-0.25, -0.2) is 0 Å². The van der Waals surface area contributed by atoms with Gasteiger partial charge in [0.15, 0.2) is 0 Å². The molecule has 1 aromatic rings. The average molecular weight is 240 g/mol. The lowest BCUT2D eigenvalue weighted by Gasteiger charge is -2.08. The minimum atomic E-state index is -0.473. The van der Waals surface area contributed by atoms with Gasteiger partial charge in [-0.05, 0) is 6.54 Å². The normalized spacial score (nSPS) is 10.0. The maximum absolute atomic E-state index is 10.7. The minimum Gasteiger partial charge on any atom is -0.496 e. The summed E-state index contributed by atoms with van der Waals surface area (Å²) in [4.78, 5) is 10.2. The number of nitro benzene ring substituents is 1. The summed E-state index contributed by atoms with van der Waals surface area (Å²) in [5.74, 6) is 0.853. The number of hydrogen-bond donors (Lipinski definition) is 1. The summed E-state index contributed by atoms with van der Waals surface area (Å²) in [6.45, 7) is 4.01. The standard InChI is InChI=1S/C11H16N2O4/c1-3-12-4-5-17-11-7-9(13(14)15)6-10(8-11)16-2/h6-8,12H,3-5H2,1-2H3. The van der Waals surface area contributed by atoms with Crippen molar-refractivity contribution in [2.45, 2.75) is 6.92 Å². The summed E-state index contributed by atoms with van der Waals surface area (Å²) >= 11 is 0. The SMILES string of the molecule is CCNCCOc1cc(OC)cc([N+](=O)[O-])c1. The molecule has 0 spiro atoms. The van der Waals surface area contributed by atoms with Crippen molar-refractivity contribution in [2.24, 2.45) is 0 Å². The van der Waals surface area contributed by atoms with Gasteiger partial charge in [0.1, 0.15) is 18.1 Å². The lowest BCUT2D eigenvalue weighted by molar-refractivity contribution is -0.385. The molecule has 1 aromatic carbocycles. The molecule has 0 amide bonds. The Hall–Kier alpha value is -1.82. The van der Waals surface area contributed by atoms with Crippen LogP contribution in [0.5, 0.6) is 11.5 Å². The molecule has 94 valence electrons. The number of nitrogens with one attached hydrogen (secondary N) is 1. The molecule has 0 fully saturated rings. The van der Waals surface area contributed by atoms with Crippen LogP contribution in [-0.2, 0) is 0 Å². The van der Waals surface area contributed by atoms with Gasteiger partial charge in [-0.3, -0.25) is 10.1 Å². The predicted octanol–water partition coefficient (Wildman–Crippen LogP) is 1.59. The largest absolute Gasteiger partial charge is 0.496 e. The third-order valence-corrected chi connectivity index (χ3v) is 2.11. The van der Waals surface area contributed by atoms with E-state index < -0.39 is 4.92 Å². The van der Waals surface area contributed by atoms with E-state index in [4.69, 9.17) is 9.47 Å². The van der Waals surface area contributed by atoms with E-state index in [1.54, 1.807) is 6.07 Å². The van der Waals surface area contributed by atoms with Crippen LogP contribution in [0.4, 0.5) is 5.69 Å². The summed E-state index contributed by atoms with van der Waals surface area (Å²) in [7, 11) is 1.46. The Bertz CT molecular complexity index is 382. The van der Waals surface area contributed by atoms with Crippen molar-refractivity contribution in [1.82, 2.24) is 5.32 Å². The molecule has 0 aliphatic heterocycles. The van der Waals surface area contributed by atoms with E-state index in [-0.39, 0.29) is 5.69 Å². The van der Waals surface area contributed by atoms with Crippen molar-refractivity contribution in [3.63, 3.8) is 0 Å². The fraction of sp³-hybridized carbons (Fsp3) is 0.455. The molecule has 0 saturated heterocycles. The van der Waals surface area contributed by atoms with Crippen molar-refractivity contribution in [2.75, 3.05) is 26.8 Å². The van der Waals surface area contributed by atoms with Crippen LogP contribution in [0.3, 0.4) is 0 Å². The van der Waals surface area contributed by atoms with Crippen LogP contribution in [-0.4, -0.2) is 31.7 Å². The molecular formula is C11H16N2O4. The van der Waals surface area contributed by atoms with E-state index in [0.717, 1.165) is 6.54 Å². The highest BCUT2D eigenvalue weighted by atomic mass is 16.6. The Balaban J connectivity index is 2.70. The van der Waals surface area contributed by atoms with Gasteiger partial charge >= 0.3 is 0 Å². The molecule has 1 N–H and O–H groups in total. The van der Waals surface area contributed by atoms with Crippen LogP contribution >= 0.6 is 0 Å². The average Bonchev–Trinajstić information content (AvgIpc) is 2.34. The van der Waals surface area contributed by atoms with Crippen molar-refractivity contribution in [1.29, 1.82) is 0 Å². The zero-order chi connectivity index (χ0) is 12.7. The highest BCUT2D eigenvalue weighted by Gasteiger charge is 2.10. The van der Waals surface area contributed by atoms with Gasteiger partial charge in [-0.1, -0.05) is 6.92 Å². The fourth-order valence-electron chi connectivity index (χ4n) is 1.28. The minimum absolute atomic E-state index is 0.0391. The summed E-state index contributed by atoms with van der Waals surface area (Å²) in [5.41, 5.74) is -0.0391. The zero-order valence-corrected chi connectivity index (χ0v) is 9.93. The molecule has 0 atom stereocenters. The summed E-state index contributed by atoms with van der Waals surface area (Å²) < 4.78 is 10.4. The lowest BCUT2D eigenvalue weighted by atomic mass is 10.3. The van der Waals surface area contributed by atoms with Gasteiger partial charge < -0.3 is 14.8 Å². The van der Waals surface area contributed by atoms with Crippen molar-refractivity contribution >= 4 is 5.69 Å². The third kappa shape index (κ3) is 4.28. The van der Waals surface area contributed by atoms with Gasteiger partial charge in [0.2, 0.25) is 0 Å². The van der Waals surface area contributed by atoms with Crippen LogP contribution in [0.1, 0.15) is 6.92 Å². The smallest absolute Gasteiger partial charge is 0.276 e. The van der Waals surface area contributed by atoms with Crippen LogP contribution < -0.4 is 14.8 Å². The first kappa shape index (κ1) is 13.2. The van der Waals surface area contributed by atoms with Gasteiger partial charge in [-0.15, -0.1) is 0 Å². The first-order chi connectivity index (χ1) is 8.17. The molecule has 0 aliphatic rings. The lowest BCUT2D eigenvalue weighted by Crippen LogP contribution is -2.20. The van der Waals surface area contributed by atoms with Crippen LogP contribution in [0.15, 0.2) is 18.2 Å². The molecule has 0 unspecified atom stereocenters. The van der Waals surface area contributed by atoms with E-state index in [2.05, 4.69) is 5.32 Å². The molecule has 6 nitrogen and oxygen atoms in total. The molecule has 17 heavy (non-hydrogen) atoms. The number of rotatable bonds is 7. The molecule has 0 radical (unpaired) electrons. The van der Waals surface area contributed by atoms with E-state index in [0.29, 0.717) is 24.7 Å². The Morgan fingerprint density at radius 2 is 2.06 bits per heavy atom. The molecule has 0 aliphatic carbocycles. The van der Waals surface area contributed by atoms with Gasteiger partial charge in [0.25, 0.3) is 5.69 Å². The summed E-state index contributed by atoms with van der Waals surface area (Å²) in [6.07, 6.45) is 0. The topological polar surface area (TPSA) is 73.6 Å². The molecule has 0 bridgehead atoms. The van der Waals surface area contributed by atoms with Crippen molar-refractivity contribution < 1.29 is 14.4 Å². The number of benzene rings is 1. The Labute approximate surface area is 99.7 Å². The van der Waals surface area contributed by atoms with Gasteiger partial charge in [-0.2, -0.15) is 0 Å². The fourth-order valence-corrected chi connectivity index (χ4v) is 1.28. The maximum Gasteiger partial charge on any atom is 0.276 e. The predicted molar refractivity (Wildman–Crippen MR) is 63.7 cm³/mol. The molecule has 1 rings (SSSR count). The van der Waals surface area contributed by atoms with E-state index in [9.17, 15) is 10.1 Å². The maximum atomic E-state index is 10.7. The highest BCUT2D eigenvalue weighted by molar-refractivity contribution is 5.45. The monoisotopic (exact) mass is 240 g/mol. The van der Waals surface area contributed by atoms with Gasteiger partial charge in [0, 0.05) is 12.6 Å². The molecule has 0 heterocycles. The van der Waals surface area contributed by atoms with Gasteiger partial charge in [0.05, 0.1) is 24.2 Å². The van der Waals surface area contributed by atoms with E-state index >= 15 is 0 Å². The zero-order valence-electron chi connectivity index (χ0n) is 9.93. The van der Waals surface area contributed by atoms with Crippen molar-refractivity contribution in [3.05, 3.63) is 28.3 Å². The summed E-state index contributed by atoms with van der Waals surface area (Å²) in [5, 5.41) is 13.8. The van der Waals surface area contributed by atoms with Crippen molar-refractivity contribution in [3.8, 4) is 11.5 Å². The number of ether oxygens (including phenoxy) is 2. The van der Waals surface area contributed by atoms with E-state index in [1.165, 1.54) is 19.2 Å². The number of hydrogen-bond acceptors (Lipinski definition) is 5. The third-order valence-electron chi connectivity index (χ3n) is 2.11. The molecule has 6 heteroatoms. The Morgan fingerprint density at radius 3 is 2.65 bits per heavy atom. The quantitative estimate of drug-likeness (QED) is 0.445. The Morgan fingerprint density at radius 1 is 1.35 bits per heavy atom. The molecule has 0 aromatic heterocycles. The first-order valence-corrected chi connectivity index (χ1v) is 5.34. The van der Waals surface area contributed by atoms with Crippen LogP contribution in [0.2, 0.25) is 0 Å². The van der Waals surface area contributed by atoms with E-state index in [1.807, 2.05) is 6.92 Å². The number of non-ortho nitro benzene ring substituents is 1. The molecular weight excluding hydrogens is 224 g/mol. The van der Waals surface area contributed by atoms with Crippen LogP contribution in [0.25, 0.3) is 0 Å². The second kappa shape index (κ2) is 6.70.